The quantitative estimate of drug-likeness (QED) is 0.653. The SMILES string of the molecule is CCCOC(=O)c1sc2nc(CCCCl)[nH]c(=O)c2c1C. The number of halogens is 1. The van der Waals surface area contributed by atoms with Crippen LogP contribution in [0, 0.1) is 6.92 Å². The Kier molecular flexibility index (Phi) is 5.36. The van der Waals surface area contributed by atoms with E-state index in [0.29, 0.717) is 45.4 Å². The van der Waals surface area contributed by atoms with Crippen LogP contribution in [-0.4, -0.2) is 28.4 Å². The summed E-state index contributed by atoms with van der Waals surface area (Å²) in [7, 11) is 0. The topological polar surface area (TPSA) is 72.0 Å². The summed E-state index contributed by atoms with van der Waals surface area (Å²) < 4.78 is 5.14. The zero-order valence-corrected chi connectivity index (χ0v) is 13.6. The molecule has 0 aromatic carbocycles. The van der Waals surface area contributed by atoms with Crippen LogP contribution in [0.4, 0.5) is 0 Å². The lowest BCUT2D eigenvalue weighted by atomic mass is 10.2. The van der Waals surface area contributed by atoms with Gasteiger partial charge < -0.3 is 9.72 Å². The number of esters is 1. The van der Waals surface area contributed by atoms with Gasteiger partial charge in [0.05, 0.1) is 12.0 Å². The van der Waals surface area contributed by atoms with E-state index in [1.165, 1.54) is 11.3 Å². The average Bonchev–Trinajstić information content (AvgIpc) is 2.80. The van der Waals surface area contributed by atoms with Crippen LogP contribution in [0.1, 0.15) is 40.8 Å². The number of rotatable bonds is 6. The summed E-state index contributed by atoms with van der Waals surface area (Å²) in [4.78, 5) is 32.3. The number of carbonyl (C=O) groups is 1. The molecule has 0 aliphatic heterocycles. The Balaban J connectivity index is 2.42. The molecule has 2 aromatic heterocycles. The molecule has 0 radical (unpaired) electrons. The summed E-state index contributed by atoms with van der Waals surface area (Å²) in [6.07, 6.45) is 2.12. The number of fused-ring (bicyclic) bond motifs is 1. The third-order valence-corrected chi connectivity index (χ3v) is 4.45. The van der Waals surface area contributed by atoms with E-state index in [9.17, 15) is 9.59 Å². The molecule has 0 aliphatic rings. The highest BCUT2D eigenvalue weighted by Crippen LogP contribution is 2.27. The smallest absolute Gasteiger partial charge is 0.348 e. The minimum atomic E-state index is -0.390. The molecule has 0 unspecified atom stereocenters. The van der Waals surface area contributed by atoms with Gasteiger partial charge in [-0.15, -0.1) is 22.9 Å². The molecule has 2 rings (SSSR count). The number of H-pyrrole nitrogens is 1. The number of carbonyl (C=O) groups excluding carboxylic acids is 1. The van der Waals surface area contributed by atoms with E-state index in [4.69, 9.17) is 16.3 Å². The van der Waals surface area contributed by atoms with Crippen molar-refractivity contribution in [1.82, 2.24) is 9.97 Å². The number of ether oxygens (including phenoxy) is 1. The number of thiophene rings is 1. The molecule has 0 aliphatic carbocycles. The van der Waals surface area contributed by atoms with E-state index in [-0.39, 0.29) is 11.5 Å². The molecule has 114 valence electrons. The molecule has 0 bridgehead atoms. The third kappa shape index (κ3) is 3.44. The summed E-state index contributed by atoms with van der Waals surface area (Å²) in [5.41, 5.74) is 0.418. The fourth-order valence-corrected chi connectivity index (χ4v) is 3.22. The van der Waals surface area contributed by atoms with Crippen LogP contribution in [0.2, 0.25) is 0 Å². The largest absolute Gasteiger partial charge is 0.462 e. The van der Waals surface area contributed by atoms with Gasteiger partial charge in [-0.1, -0.05) is 6.92 Å². The normalized spacial score (nSPS) is 11.0. The van der Waals surface area contributed by atoms with Crippen LogP contribution in [0.25, 0.3) is 10.2 Å². The fraction of sp³-hybridized carbons (Fsp3) is 0.500. The standard InChI is InChI=1S/C14H17ClN2O3S/c1-3-7-20-14(19)11-8(2)10-12(18)16-9(5-4-6-15)17-13(10)21-11/h3-7H2,1-2H3,(H,16,17,18). The van der Waals surface area contributed by atoms with E-state index < -0.39 is 0 Å². The van der Waals surface area contributed by atoms with Crippen molar-refractivity contribution in [3.05, 3.63) is 26.6 Å². The van der Waals surface area contributed by atoms with Crippen molar-refractivity contribution < 1.29 is 9.53 Å². The highest BCUT2D eigenvalue weighted by molar-refractivity contribution is 7.20. The molecule has 0 fully saturated rings. The van der Waals surface area contributed by atoms with Crippen molar-refractivity contribution in [2.75, 3.05) is 12.5 Å². The summed E-state index contributed by atoms with van der Waals surface area (Å²) in [6, 6.07) is 0. The first-order valence-electron chi connectivity index (χ1n) is 6.83. The van der Waals surface area contributed by atoms with E-state index in [2.05, 4.69) is 9.97 Å². The van der Waals surface area contributed by atoms with Gasteiger partial charge in [0.2, 0.25) is 0 Å². The predicted molar refractivity (Wildman–Crippen MR) is 84.6 cm³/mol. The van der Waals surface area contributed by atoms with Gasteiger partial charge in [-0.2, -0.15) is 0 Å². The predicted octanol–water partition coefficient (Wildman–Crippen LogP) is 3.03. The molecule has 2 aromatic rings. The zero-order valence-electron chi connectivity index (χ0n) is 12.0. The molecule has 21 heavy (non-hydrogen) atoms. The molecular formula is C14H17ClN2O3S. The maximum Gasteiger partial charge on any atom is 0.348 e. The van der Waals surface area contributed by atoms with Crippen molar-refractivity contribution in [3.8, 4) is 0 Å². The van der Waals surface area contributed by atoms with Crippen molar-refractivity contribution in [2.24, 2.45) is 0 Å². The molecule has 1 N–H and O–H groups in total. The highest BCUT2D eigenvalue weighted by Gasteiger charge is 2.20. The number of hydrogen-bond donors (Lipinski definition) is 1. The monoisotopic (exact) mass is 328 g/mol. The van der Waals surface area contributed by atoms with E-state index in [1.54, 1.807) is 6.92 Å². The van der Waals surface area contributed by atoms with Crippen molar-refractivity contribution in [1.29, 1.82) is 0 Å². The molecule has 0 saturated carbocycles. The number of nitrogens with zero attached hydrogens (tertiary/aromatic N) is 1. The van der Waals surface area contributed by atoms with Gasteiger partial charge in [0.1, 0.15) is 15.5 Å². The Morgan fingerprint density at radius 1 is 1.48 bits per heavy atom. The first-order valence-corrected chi connectivity index (χ1v) is 8.19. The van der Waals surface area contributed by atoms with Crippen molar-refractivity contribution in [3.63, 3.8) is 0 Å². The number of hydrogen-bond acceptors (Lipinski definition) is 5. The van der Waals surface area contributed by atoms with Gasteiger partial charge in [0, 0.05) is 12.3 Å². The summed E-state index contributed by atoms with van der Waals surface area (Å²) in [5.74, 6) is 0.724. The second-order valence-electron chi connectivity index (χ2n) is 4.68. The third-order valence-electron chi connectivity index (χ3n) is 3.02. The zero-order chi connectivity index (χ0) is 15.4. The van der Waals surface area contributed by atoms with Crippen molar-refractivity contribution >= 4 is 39.1 Å². The van der Waals surface area contributed by atoms with Gasteiger partial charge in [-0.3, -0.25) is 4.79 Å². The Labute approximate surface area is 131 Å². The first-order chi connectivity index (χ1) is 10.1. The molecule has 5 nitrogen and oxygen atoms in total. The molecule has 0 spiro atoms. The first kappa shape index (κ1) is 16.0. The van der Waals surface area contributed by atoms with Crippen LogP contribution < -0.4 is 5.56 Å². The van der Waals surface area contributed by atoms with E-state index >= 15 is 0 Å². The minimum absolute atomic E-state index is 0.215. The number of alkyl halides is 1. The van der Waals surface area contributed by atoms with Crippen LogP contribution in [0.5, 0.6) is 0 Å². The summed E-state index contributed by atoms with van der Waals surface area (Å²) in [6.45, 7) is 4.05. The lowest BCUT2D eigenvalue weighted by Gasteiger charge is -2.00. The van der Waals surface area contributed by atoms with Gasteiger partial charge in [-0.05, 0) is 25.3 Å². The molecule has 0 amide bonds. The number of aromatic nitrogens is 2. The molecule has 7 heteroatoms. The summed E-state index contributed by atoms with van der Waals surface area (Å²) in [5, 5.41) is 0.470. The average molecular weight is 329 g/mol. The number of aromatic amines is 1. The lowest BCUT2D eigenvalue weighted by Crippen LogP contribution is -2.12. The van der Waals surface area contributed by atoms with Crippen LogP contribution in [-0.2, 0) is 11.2 Å². The molecule has 0 saturated heterocycles. The Morgan fingerprint density at radius 3 is 2.90 bits per heavy atom. The maximum absolute atomic E-state index is 12.2. The Morgan fingerprint density at radius 2 is 2.24 bits per heavy atom. The summed E-state index contributed by atoms with van der Waals surface area (Å²) >= 11 is 6.86. The number of nitrogens with one attached hydrogen (secondary N) is 1. The van der Waals surface area contributed by atoms with Crippen LogP contribution in [0.15, 0.2) is 4.79 Å². The Bertz CT molecular complexity index is 708. The minimum Gasteiger partial charge on any atom is -0.462 e. The second kappa shape index (κ2) is 7.04. The van der Waals surface area contributed by atoms with Crippen LogP contribution in [0.3, 0.4) is 0 Å². The van der Waals surface area contributed by atoms with Gasteiger partial charge in [0.25, 0.3) is 5.56 Å². The van der Waals surface area contributed by atoms with E-state index in [1.807, 2.05) is 6.92 Å². The van der Waals surface area contributed by atoms with Gasteiger partial charge in [0.15, 0.2) is 0 Å². The fourth-order valence-electron chi connectivity index (χ4n) is 2.00. The van der Waals surface area contributed by atoms with E-state index in [0.717, 1.165) is 12.8 Å². The highest BCUT2D eigenvalue weighted by atomic mass is 35.5. The van der Waals surface area contributed by atoms with Crippen LogP contribution >= 0.6 is 22.9 Å². The molecular weight excluding hydrogens is 312 g/mol. The maximum atomic E-state index is 12.2. The number of aryl methyl sites for hydroxylation is 2. The lowest BCUT2D eigenvalue weighted by molar-refractivity contribution is 0.0510. The van der Waals surface area contributed by atoms with Gasteiger partial charge >= 0.3 is 5.97 Å². The Hall–Kier alpha value is -1.40. The second-order valence-corrected chi connectivity index (χ2v) is 6.05. The molecule has 0 atom stereocenters. The van der Waals surface area contributed by atoms with Crippen molar-refractivity contribution in [2.45, 2.75) is 33.1 Å². The molecule has 2 heterocycles. The van der Waals surface area contributed by atoms with Gasteiger partial charge in [-0.25, -0.2) is 9.78 Å².